The third kappa shape index (κ3) is 4.17. The van der Waals surface area contributed by atoms with Crippen molar-refractivity contribution in [2.45, 2.75) is 9.79 Å². The Balaban J connectivity index is 1.49. The second-order valence-corrected chi connectivity index (χ2v) is 7.76. The fourth-order valence-electron chi connectivity index (χ4n) is 3.14. The fraction of sp³-hybridized carbons (Fsp3) is 0.0455. The van der Waals surface area contributed by atoms with Crippen molar-refractivity contribution in [2.75, 3.05) is 11.9 Å². The number of non-ortho nitro benzene ring substituents is 1. The maximum Gasteiger partial charge on any atom is 0.270 e. The van der Waals surface area contributed by atoms with E-state index in [1.54, 1.807) is 12.1 Å². The smallest absolute Gasteiger partial charge is 0.270 e. The quantitative estimate of drug-likeness (QED) is 0.358. The van der Waals surface area contributed by atoms with E-state index in [1.165, 1.54) is 17.8 Å². The number of nitrogens with one attached hydrogen (secondary N) is 1. The SMILES string of the molecule is O=C(CN1C(=O)c2ccc([N+](=O)[O-])cc2C1=O)Nc1ccccc1Sc1ccccc1. The Bertz CT molecular complexity index is 1210. The predicted molar refractivity (Wildman–Crippen MR) is 114 cm³/mol. The number of carbonyl (C=O) groups excluding carboxylic acids is 3. The van der Waals surface area contributed by atoms with Crippen LogP contribution in [-0.2, 0) is 4.79 Å². The highest BCUT2D eigenvalue weighted by atomic mass is 32.2. The van der Waals surface area contributed by atoms with Crippen LogP contribution >= 0.6 is 11.8 Å². The van der Waals surface area contributed by atoms with E-state index in [-0.39, 0.29) is 16.8 Å². The first kappa shape index (κ1) is 20.3. The van der Waals surface area contributed by atoms with Gasteiger partial charge in [0.15, 0.2) is 0 Å². The van der Waals surface area contributed by atoms with Crippen molar-refractivity contribution in [1.82, 2.24) is 4.90 Å². The number of carbonyl (C=O) groups is 3. The molecule has 4 rings (SSSR count). The molecule has 0 atom stereocenters. The zero-order chi connectivity index (χ0) is 22.0. The van der Waals surface area contributed by atoms with Crippen LogP contribution in [0.5, 0.6) is 0 Å². The lowest BCUT2D eigenvalue weighted by Crippen LogP contribution is -2.37. The number of para-hydroxylation sites is 1. The molecule has 1 N–H and O–H groups in total. The molecule has 0 aliphatic carbocycles. The van der Waals surface area contributed by atoms with Gasteiger partial charge >= 0.3 is 0 Å². The number of nitrogens with zero attached hydrogens (tertiary/aromatic N) is 2. The first-order valence-corrected chi connectivity index (χ1v) is 10.0. The minimum atomic E-state index is -0.731. The topological polar surface area (TPSA) is 110 Å². The summed E-state index contributed by atoms with van der Waals surface area (Å²) in [6.07, 6.45) is 0. The van der Waals surface area contributed by atoms with E-state index in [2.05, 4.69) is 5.32 Å². The number of anilines is 1. The molecule has 31 heavy (non-hydrogen) atoms. The molecular weight excluding hydrogens is 418 g/mol. The third-order valence-corrected chi connectivity index (χ3v) is 5.68. The van der Waals surface area contributed by atoms with E-state index in [9.17, 15) is 24.5 Å². The third-order valence-electron chi connectivity index (χ3n) is 4.60. The number of fused-ring (bicyclic) bond motifs is 1. The first-order chi connectivity index (χ1) is 14.9. The molecule has 3 aromatic carbocycles. The number of benzene rings is 3. The Morgan fingerprint density at radius 1 is 0.935 bits per heavy atom. The molecule has 0 saturated heterocycles. The van der Waals surface area contributed by atoms with Crippen LogP contribution in [0.3, 0.4) is 0 Å². The highest BCUT2D eigenvalue weighted by Crippen LogP contribution is 2.33. The summed E-state index contributed by atoms with van der Waals surface area (Å²) in [7, 11) is 0. The molecule has 1 heterocycles. The lowest BCUT2D eigenvalue weighted by atomic mass is 10.1. The van der Waals surface area contributed by atoms with Gasteiger partial charge in [-0.25, -0.2) is 0 Å². The second kappa shape index (κ2) is 8.41. The van der Waals surface area contributed by atoms with E-state index in [0.717, 1.165) is 26.8 Å². The van der Waals surface area contributed by atoms with Gasteiger partial charge in [0.1, 0.15) is 6.54 Å². The average Bonchev–Trinajstić information content (AvgIpc) is 3.00. The van der Waals surface area contributed by atoms with Gasteiger partial charge in [-0.05, 0) is 30.3 Å². The molecule has 0 spiro atoms. The molecule has 0 fully saturated rings. The number of rotatable bonds is 6. The Labute approximate surface area is 181 Å². The van der Waals surface area contributed by atoms with Gasteiger partial charge in [-0.2, -0.15) is 0 Å². The van der Waals surface area contributed by atoms with Crippen molar-refractivity contribution in [3.63, 3.8) is 0 Å². The summed E-state index contributed by atoms with van der Waals surface area (Å²) < 4.78 is 0. The summed E-state index contributed by atoms with van der Waals surface area (Å²) in [4.78, 5) is 50.6. The Morgan fingerprint density at radius 2 is 1.61 bits per heavy atom. The van der Waals surface area contributed by atoms with Gasteiger partial charge in [0.05, 0.1) is 21.7 Å². The molecule has 0 aromatic heterocycles. The van der Waals surface area contributed by atoms with Crippen molar-refractivity contribution < 1.29 is 19.3 Å². The summed E-state index contributed by atoms with van der Waals surface area (Å²) in [6.45, 7) is -0.496. The van der Waals surface area contributed by atoms with Crippen LogP contribution in [0.2, 0.25) is 0 Å². The zero-order valence-corrected chi connectivity index (χ0v) is 16.8. The van der Waals surface area contributed by atoms with Crippen molar-refractivity contribution in [3.05, 3.63) is 94.0 Å². The van der Waals surface area contributed by atoms with E-state index in [4.69, 9.17) is 0 Å². The Morgan fingerprint density at radius 3 is 2.35 bits per heavy atom. The summed E-state index contributed by atoms with van der Waals surface area (Å²) in [5.74, 6) is -1.94. The maximum atomic E-state index is 12.6. The van der Waals surface area contributed by atoms with Gasteiger partial charge in [0.25, 0.3) is 17.5 Å². The molecule has 1 aliphatic heterocycles. The molecule has 154 valence electrons. The van der Waals surface area contributed by atoms with Gasteiger partial charge in [0, 0.05) is 21.9 Å². The van der Waals surface area contributed by atoms with Gasteiger partial charge in [-0.15, -0.1) is 0 Å². The minimum absolute atomic E-state index is 0.0448. The van der Waals surface area contributed by atoms with Crippen LogP contribution in [0.1, 0.15) is 20.7 Å². The van der Waals surface area contributed by atoms with Crippen LogP contribution in [0.15, 0.2) is 82.6 Å². The number of amides is 3. The standard InChI is InChI=1S/C22H15N3O5S/c26-20(23-18-8-4-5-9-19(18)31-15-6-2-1-3-7-15)13-24-21(27)16-11-10-14(25(29)30)12-17(16)22(24)28/h1-12H,13H2,(H,23,26). The van der Waals surface area contributed by atoms with E-state index < -0.39 is 29.2 Å². The van der Waals surface area contributed by atoms with Crippen LogP contribution in [0.4, 0.5) is 11.4 Å². The van der Waals surface area contributed by atoms with Crippen molar-refractivity contribution in [2.24, 2.45) is 0 Å². The number of hydrogen-bond donors (Lipinski definition) is 1. The van der Waals surface area contributed by atoms with E-state index in [1.807, 2.05) is 42.5 Å². The summed E-state index contributed by atoms with van der Waals surface area (Å²) in [5.41, 5.74) is 0.224. The number of nitro groups is 1. The molecular formula is C22H15N3O5S. The molecule has 9 heteroatoms. The highest BCUT2D eigenvalue weighted by molar-refractivity contribution is 7.99. The van der Waals surface area contributed by atoms with Crippen molar-refractivity contribution >= 4 is 40.9 Å². The molecule has 0 bridgehead atoms. The summed E-state index contributed by atoms with van der Waals surface area (Å²) in [6, 6.07) is 20.3. The van der Waals surface area contributed by atoms with Gasteiger partial charge in [-0.3, -0.25) is 29.4 Å². The highest BCUT2D eigenvalue weighted by Gasteiger charge is 2.37. The molecule has 0 radical (unpaired) electrons. The Hall–Kier alpha value is -3.98. The summed E-state index contributed by atoms with van der Waals surface area (Å²) in [5, 5.41) is 13.7. The van der Waals surface area contributed by atoms with Gasteiger partial charge < -0.3 is 5.32 Å². The molecule has 3 amide bonds. The van der Waals surface area contributed by atoms with Crippen LogP contribution in [0.25, 0.3) is 0 Å². The van der Waals surface area contributed by atoms with Crippen LogP contribution in [-0.4, -0.2) is 34.1 Å². The average molecular weight is 433 g/mol. The molecule has 8 nitrogen and oxygen atoms in total. The number of hydrogen-bond acceptors (Lipinski definition) is 6. The normalized spacial score (nSPS) is 12.6. The molecule has 3 aromatic rings. The summed E-state index contributed by atoms with van der Waals surface area (Å²) >= 11 is 1.47. The molecule has 0 unspecified atom stereocenters. The lowest BCUT2D eigenvalue weighted by molar-refractivity contribution is -0.384. The fourth-order valence-corrected chi connectivity index (χ4v) is 4.07. The monoisotopic (exact) mass is 433 g/mol. The molecule has 0 saturated carbocycles. The van der Waals surface area contributed by atoms with Gasteiger partial charge in [-0.1, -0.05) is 42.1 Å². The Kier molecular flexibility index (Phi) is 5.50. The van der Waals surface area contributed by atoms with Crippen LogP contribution < -0.4 is 5.32 Å². The first-order valence-electron chi connectivity index (χ1n) is 9.20. The second-order valence-electron chi connectivity index (χ2n) is 6.64. The van der Waals surface area contributed by atoms with Crippen molar-refractivity contribution in [1.29, 1.82) is 0 Å². The zero-order valence-electron chi connectivity index (χ0n) is 16.0. The molecule has 1 aliphatic rings. The van der Waals surface area contributed by atoms with E-state index >= 15 is 0 Å². The number of imide groups is 1. The van der Waals surface area contributed by atoms with Crippen LogP contribution in [0, 0.1) is 10.1 Å². The predicted octanol–water partition coefficient (Wildman–Crippen LogP) is 3.98. The maximum absolute atomic E-state index is 12.6. The number of nitro benzene ring substituents is 1. The lowest BCUT2D eigenvalue weighted by Gasteiger charge is -2.15. The minimum Gasteiger partial charge on any atom is -0.323 e. The van der Waals surface area contributed by atoms with E-state index in [0.29, 0.717) is 5.69 Å². The van der Waals surface area contributed by atoms with Gasteiger partial charge in [0.2, 0.25) is 5.91 Å². The van der Waals surface area contributed by atoms with Crippen molar-refractivity contribution in [3.8, 4) is 0 Å². The largest absolute Gasteiger partial charge is 0.323 e.